The highest BCUT2D eigenvalue weighted by atomic mass is 16.6. The largest absolute Gasteiger partial charge is 0.486 e. The number of ether oxygens (including phenoxy) is 2. The van der Waals surface area contributed by atoms with Gasteiger partial charge in [0, 0.05) is 6.54 Å². The van der Waals surface area contributed by atoms with Crippen molar-refractivity contribution in [1.82, 2.24) is 4.98 Å². The topological polar surface area (TPSA) is 58.4 Å². The zero-order chi connectivity index (χ0) is 15.4. The summed E-state index contributed by atoms with van der Waals surface area (Å²) >= 11 is 0. The van der Waals surface area contributed by atoms with Crippen LogP contribution in [0.25, 0.3) is 0 Å². The minimum Gasteiger partial charge on any atom is -0.486 e. The lowest BCUT2D eigenvalue weighted by Crippen LogP contribution is -2.41. The maximum atomic E-state index is 8.97. The van der Waals surface area contributed by atoms with E-state index in [1.54, 1.807) is 6.07 Å². The van der Waals surface area contributed by atoms with E-state index in [1.807, 2.05) is 36.4 Å². The normalized spacial score (nSPS) is 15.9. The minimum absolute atomic E-state index is 0.0672. The van der Waals surface area contributed by atoms with Gasteiger partial charge < -0.3 is 14.4 Å². The van der Waals surface area contributed by atoms with Crippen LogP contribution < -0.4 is 14.4 Å². The first-order valence-corrected chi connectivity index (χ1v) is 7.30. The summed E-state index contributed by atoms with van der Waals surface area (Å²) in [6.45, 7) is 4.00. The third kappa shape index (κ3) is 2.96. The van der Waals surface area contributed by atoms with Gasteiger partial charge in [0.1, 0.15) is 24.2 Å². The fourth-order valence-corrected chi connectivity index (χ4v) is 2.45. The predicted molar refractivity (Wildman–Crippen MR) is 83.2 cm³/mol. The Kier molecular flexibility index (Phi) is 4.10. The number of pyridine rings is 1. The fourth-order valence-electron chi connectivity index (χ4n) is 2.45. The van der Waals surface area contributed by atoms with Crippen molar-refractivity contribution in [3.05, 3.63) is 48.2 Å². The van der Waals surface area contributed by atoms with E-state index in [0.29, 0.717) is 18.8 Å². The van der Waals surface area contributed by atoms with E-state index in [-0.39, 0.29) is 6.10 Å². The molecule has 1 aromatic carbocycles. The molecular weight excluding hydrogens is 278 g/mol. The summed E-state index contributed by atoms with van der Waals surface area (Å²) in [4.78, 5) is 6.43. The molecule has 0 saturated carbocycles. The van der Waals surface area contributed by atoms with Crippen molar-refractivity contribution in [2.45, 2.75) is 13.0 Å². The maximum absolute atomic E-state index is 8.97. The maximum Gasteiger partial charge on any atom is 0.161 e. The smallest absolute Gasteiger partial charge is 0.161 e. The molecule has 1 aliphatic rings. The summed E-state index contributed by atoms with van der Waals surface area (Å²) in [6, 6.07) is 15.2. The van der Waals surface area contributed by atoms with Crippen molar-refractivity contribution in [2.75, 3.05) is 24.6 Å². The molecule has 1 atom stereocenters. The monoisotopic (exact) mass is 295 g/mol. The molecule has 22 heavy (non-hydrogen) atoms. The molecule has 1 unspecified atom stereocenters. The molecule has 2 aromatic rings. The first kappa shape index (κ1) is 14.2. The number of hydrogen-bond acceptors (Lipinski definition) is 5. The van der Waals surface area contributed by atoms with Crippen LogP contribution in [-0.2, 0) is 0 Å². The van der Waals surface area contributed by atoms with E-state index < -0.39 is 0 Å². The number of para-hydroxylation sites is 2. The third-order valence-corrected chi connectivity index (χ3v) is 3.55. The van der Waals surface area contributed by atoms with Gasteiger partial charge in [0.2, 0.25) is 0 Å². The van der Waals surface area contributed by atoms with Crippen LogP contribution in [-0.4, -0.2) is 30.8 Å². The lowest BCUT2D eigenvalue weighted by Gasteiger charge is -2.31. The molecule has 0 saturated heterocycles. The molecule has 1 aromatic heterocycles. The van der Waals surface area contributed by atoms with Gasteiger partial charge in [-0.15, -0.1) is 0 Å². The van der Waals surface area contributed by atoms with Crippen LogP contribution in [0.2, 0.25) is 0 Å². The standard InChI is InChI=1S/C17H17N3O2/c1-2-20(17-9-5-6-13(10-18)19-17)11-14-12-21-15-7-3-4-8-16(15)22-14/h3-9,14H,2,11-12H2,1H3. The van der Waals surface area contributed by atoms with Gasteiger partial charge in [0.05, 0.1) is 6.54 Å². The van der Waals surface area contributed by atoms with Crippen molar-refractivity contribution in [1.29, 1.82) is 5.26 Å². The molecule has 0 radical (unpaired) electrons. The van der Waals surface area contributed by atoms with Gasteiger partial charge in [-0.2, -0.15) is 5.26 Å². The van der Waals surface area contributed by atoms with Crippen molar-refractivity contribution in [2.24, 2.45) is 0 Å². The molecule has 0 bridgehead atoms. The first-order chi connectivity index (χ1) is 10.8. The second-order valence-corrected chi connectivity index (χ2v) is 5.03. The van der Waals surface area contributed by atoms with Crippen LogP contribution in [0.1, 0.15) is 12.6 Å². The molecule has 1 aliphatic heterocycles. The summed E-state index contributed by atoms with van der Waals surface area (Å²) in [5, 5.41) is 8.97. The zero-order valence-electron chi connectivity index (χ0n) is 12.4. The number of benzene rings is 1. The summed E-state index contributed by atoms with van der Waals surface area (Å²) in [5.41, 5.74) is 0.419. The second-order valence-electron chi connectivity index (χ2n) is 5.03. The number of fused-ring (bicyclic) bond motifs is 1. The number of anilines is 1. The van der Waals surface area contributed by atoms with Crippen LogP contribution in [0.3, 0.4) is 0 Å². The quantitative estimate of drug-likeness (QED) is 0.868. The van der Waals surface area contributed by atoms with E-state index in [4.69, 9.17) is 14.7 Å². The Bertz CT molecular complexity index is 696. The molecule has 3 rings (SSSR count). The minimum atomic E-state index is -0.0672. The van der Waals surface area contributed by atoms with Crippen LogP contribution in [0, 0.1) is 11.3 Å². The van der Waals surface area contributed by atoms with Gasteiger partial charge in [-0.05, 0) is 31.2 Å². The molecule has 0 aliphatic carbocycles. The van der Waals surface area contributed by atoms with Crippen LogP contribution in [0.4, 0.5) is 5.82 Å². The zero-order valence-corrected chi connectivity index (χ0v) is 12.4. The number of rotatable bonds is 4. The average molecular weight is 295 g/mol. The molecule has 5 heteroatoms. The second kappa shape index (κ2) is 6.35. The number of hydrogen-bond donors (Lipinski definition) is 0. The highest BCUT2D eigenvalue weighted by Crippen LogP contribution is 2.31. The van der Waals surface area contributed by atoms with Crippen LogP contribution >= 0.6 is 0 Å². The Hall–Kier alpha value is -2.74. The number of aromatic nitrogens is 1. The molecule has 5 nitrogen and oxygen atoms in total. The molecule has 0 fully saturated rings. The van der Waals surface area contributed by atoms with Crippen LogP contribution in [0.15, 0.2) is 42.5 Å². The van der Waals surface area contributed by atoms with Crippen molar-refractivity contribution >= 4 is 5.82 Å². The predicted octanol–water partition coefficient (Wildman–Crippen LogP) is 2.62. The number of nitriles is 1. The highest BCUT2D eigenvalue weighted by Gasteiger charge is 2.23. The Morgan fingerprint density at radius 3 is 2.82 bits per heavy atom. The lowest BCUT2D eigenvalue weighted by molar-refractivity contribution is 0.0953. The Labute approximate surface area is 129 Å². The SMILES string of the molecule is CCN(CC1COc2ccccc2O1)c1cccc(C#N)n1. The van der Waals surface area contributed by atoms with Gasteiger partial charge in [0.15, 0.2) is 17.6 Å². The lowest BCUT2D eigenvalue weighted by atomic mass is 10.2. The fraction of sp³-hybridized carbons (Fsp3) is 0.294. The average Bonchev–Trinajstić information content (AvgIpc) is 2.59. The van der Waals surface area contributed by atoms with E-state index >= 15 is 0 Å². The molecule has 0 N–H and O–H groups in total. The Morgan fingerprint density at radius 2 is 2.05 bits per heavy atom. The Morgan fingerprint density at radius 1 is 1.23 bits per heavy atom. The molecule has 0 spiro atoms. The summed E-state index contributed by atoms with van der Waals surface area (Å²) in [5.74, 6) is 2.34. The number of likely N-dealkylation sites (N-methyl/N-ethyl adjacent to an activating group) is 1. The van der Waals surface area contributed by atoms with E-state index in [0.717, 1.165) is 23.9 Å². The van der Waals surface area contributed by atoms with E-state index in [2.05, 4.69) is 22.9 Å². The van der Waals surface area contributed by atoms with Gasteiger partial charge in [0.25, 0.3) is 0 Å². The Balaban J connectivity index is 1.73. The number of nitrogens with zero attached hydrogens (tertiary/aromatic N) is 3. The summed E-state index contributed by atoms with van der Waals surface area (Å²) in [6.07, 6.45) is -0.0672. The molecule has 112 valence electrons. The first-order valence-electron chi connectivity index (χ1n) is 7.30. The summed E-state index contributed by atoms with van der Waals surface area (Å²) in [7, 11) is 0. The molecule has 0 amide bonds. The molecular formula is C17H17N3O2. The van der Waals surface area contributed by atoms with E-state index in [1.165, 1.54) is 0 Å². The van der Waals surface area contributed by atoms with Crippen LogP contribution in [0.5, 0.6) is 11.5 Å². The van der Waals surface area contributed by atoms with Crippen molar-refractivity contribution < 1.29 is 9.47 Å². The van der Waals surface area contributed by atoms with Gasteiger partial charge >= 0.3 is 0 Å². The van der Waals surface area contributed by atoms with Crippen molar-refractivity contribution in [3.8, 4) is 17.6 Å². The van der Waals surface area contributed by atoms with E-state index in [9.17, 15) is 0 Å². The summed E-state index contributed by atoms with van der Waals surface area (Å²) < 4.78 is 11.7. The van der Waals surface area contributed by atoms with Gasteiger partial charge in [-0.3, -0.25) is 0 Å². The highest BCUT2D eigenvalue weighted by molar-refractivity contribution is 5.43. The van der Waals surface area contributed by atoms with Crippen molar-refractivity contribution in [3.63, 3.8) is 0 Å². The van der Waals surface area contributed by atoms with Gasteiger partial charge in [-0.1, -0.05) is 18.2 Å². The third-order valence-electron chi connectivity index (χ3n) is 3.55. The molecule has 2 heterocycles. The van der Waals surface area contributed by atoms with Gasteiger partial charge in [-0.25, -0.2) is 4.98 Å².